The number of H-pyrrole nitrogens is 1. The Morgan fingerprint density at radius 2 is 2.33 bits per heavy atom. The topological polar surface area (TPSA) is 92.8 Å². The third kappa shape index (κ3) is 0.802. The van der Waals surface area contributed by atoms with E-state index in [1.54, 1.807) is 12.4 Å². The van der Waals surface area contributed by atoms with Crippen molar-refractivity contribution >= 4 is 22.4 Å². The second kappa shape index (κ2) is 2.38. The molecule has 0 aliphatic carbocycles. The molecular weight excluding hydrogens is 154 g/mol. The molecule has 0 fully saturated rings. The average Bonchev–Trinajstić information content (AvgIpc) is 2.49. The lowest BCUT2D eigenvalue weighted by molar-refractivity contribution is 1.34. The molecule has 2 heterocycles. The second-order valence-electron chi connectivity index (χ2n) is 2.47. The van der Waals surface area contributed by atoms with Crippen molar-refractivity contribution in [3.63, 3.8) is 0 Å². The van der Waals surface area contributed by atoms with Gasteiger partial charge in [0.25, 0.3) is 0 Å². The smallest absolute Gasteiger partial charge is 0.147 e. The molecule has 0 saturated heterocycles. The van der Waals surface area contributed by atoms with Gasteiger partial charge in [0, 0.05) is 17.8 Å². The van der Waals surface area contributed by atoms with Gasteiger partial charge >= 0.3 is 0 Å². The Kier molecular flexibility index (Phi) is 1.38. The van der Waals surface area contributed by atoms with E-state index in [9.17, 15) is 0 Å². The highest BCUT2D eigenvalue weighted by molar-refractivity contribution is 5.97. The Labute approximate surface area is 68.7 Å². The molecule has 0 saturated carbocycles. The van der Waals surface area contributed by atoms with E-state index in [1.165, 1.54) is 0 Å². The molecule has 5 heteroatoms. The number of nitrogens with zero attached hydrogens (tertiary/aromatic N) is 1. The van der Waals surface area contributed by atoms with Gasteiger partial charge in [-0.2, -0.15) is 0 Å². The van der Waals surface area contributed by atoms with Crippen LogP contribution in [-0.2, 0) is 0 Å². The summed E-state index contributed by atoms with van der Waals surface area (Å²) >= 11 is 0. The summed E-state index contributed by atoms with van der Waals surface area (Å²) in [5.74, 6) is 5.76. The number of fused-ring (bicyclic) bond motifs is 1. The van der Waals surface area contributed by atoms with E-state index >= 15 is 0 Å². The number of aromatic nitrogens is 2. The first-order chi connectivity index (χ1) is 5.83. The molecule has 0 amide bonds. The maximum atomic E-state index is 5.61. The molecule has 0 aromatic carbocycles. The molecular formula is C7H9N5. The van der Waals surface area contributed by atoms with E-state index in [2.05, 4.69) is 15.4 Å². The fraction of sp³-hybridized carbons (Fsp3) is 0. The van der Waals surface area contributed by atoms with Crippen LogP contribution in [0.4, 0.5) is 11.5 Å². The Bertz CT molecular complexity index is 405. The molecule has 2 aromatic rings. The molecule has 2 aromatic heterocycles. The molecule has 6 N–H and O–H groups in total. The van der Waals surface area contributed by atoms with E-state index < -0.39 is 0 Å². The Balaban J connectivity index is 2.80. The van der Waals surface area contributed by atoms with Gasteiger partial charge in [0.1, 0.15) is 5.82 Å². The van der Waals surface area contributed by atoms with Crippen LogP contribution >= 0.6 is 0 Å². The number of hydrazine groups is 1. The highest BCUT2D eigenvalue weighted by Gasteiger charge is 2.03. The van der Waals surface area contributed by atoms with Crippen molar-refractivity contribution < 1.29 is 0 Å². The van der Waals surface area contributed by atoms with Crippen LogP contribution in [0.25, 0.3) is 10.9 Å². The minimum absolute atomic E-state index is 0.481. The number of rotatable bonds is 1. The van der Waals surface area contributed by atoms with Crippen molar-refractivity contribution in [2.24, 2.45) is 5.84 Å². The predicted octanol–water partition coefficient (Wildman–Crippen LogP) is 0.431. The van der Waals surface area contributed by atoms with Gasteiger partial charge in [0.15, 0.2) is 0 Å². The molecule has 0 bridgehead atoms. The van der Waals surface area contributed by atoms with Crippen LogP contribution < -0.4 is 17.0 Å². The van der Waals surface area contributed by atoms with Gasteiger partial charge in [-0.15, -0.1) is 0 Å². The maximum Gasteiger partial charge on any atom is 0.147 e. The molecule has 0 aliphatic rings. The van der Waals surface area contributed by atoms with Gasteiger partial charge in [-0.3, -0.25) is 5.84 Å². The van der Waals surface area contributed by atoms with Gasteiger partial charge in [0.05, 0.1) is 11.2 Å². The van der Waals surface area contributed by atoms with Crippen LogP contribution in [0.2, 0.25) is 0 Å². The van der Waals surface area contributed by atoms with Crippen LogP contribution in [0.3, 0.4) is 0 Å². The fourth-order valence-corrected chi connectivity index (χ4v) is 1.20. The summed E-state index contributed by atoms with van der Waals surface area (Å²) in [6.45, 7) is 0. The summed E-state index contributed by atoms with van der Waals surface area (Å²) in [4.78, 5) is 6.91. The quantitative estimate of drug-likeness (QED) is 0.362. The molecule has 12 heavy (non-hydrogen) atoms. The van der Waals surface area contributed by atoms with Gasteiger partial charge in [-0.1, -0.05) is 0 Å². The van der Waals surface area contributed by atoms with E-state index in [1.807, 2.05) is 6.07 Å². The molecule has 0 aliphatic heterocycles. The monoisotopic (exact) mass is 163 g/mol. The normalized spacial score (nSPS) is 10.4. The first-order valence-electron chi connectivity index (χ1n) is 3.51. The summed E-state index contributed by atoms with van der Waals surface area (Å²) < 4.78 is 0. The number of aromatic amines is 1. The number of nitrogens with two attached hydrogens (primary N) is 2. The first-order valence-corrected chi connectivity index (χ1v) is 3.51. The summed E-state index contributed by atoms with van der Waals surface area (Å²) in [6, 6.07) is 1.84. The van der Waals surface area contributed by atoms with Crippen molar-refractivity contribution in [2.45, 2.75) is 0 Å². The van der Waals surface area contributed by atoms with E-state index in [4.69, 9.17) is 11.6 Å². The predicted molar refractivity (Wildman–Crippen MR) is 48.3 cm³/mol. The zero-order valence-corrected chi connectivity index (χ0v) is 6.33. The van der Waals surface area contributed by atoms with Crippen molar-refractivity contribution in [3.05, 3.63) is 18.5 Å². The minimum atomic E-state index is 0.481. The van der Waals surface area contributed by atoms with Gasteiger partial charge in [0.2, 0.25) is 0 Å². The minimum Gasteiger partial charge on any atom is -0.382 e. The third-order valence-corrected chi connectivity index (χ3v) is 1.79. The molecule has 0 spiro atoms. The molecule has 5 nitrogen and oxygen atoms in total. The van der Waals surface area contributed by atoms with Crippen LogP contribution in [0, 0.1) is 0 Å². The number of hydrogen-bond donors (Lipinski definition) is 4. The van der Waals surface area contributed by atoms with Crippen LogP contribution in [0.5, 0.6) is 0 Å². The number of nitrogens with one attached hydrogen (secondary N) is 2. The number of nitrogen functional groups attached to an aromatic ring is 2. The third-order valence-electron chi connectivity index (χ3n) is 1.79. The SMILES string of the molecule is NNc1c[nH]c2c(N)nccc12. The number of anilines is 2. The summed E-state index contributed by atoms with van der Waals surface area (Å²) in [7, 11) is 0. The molecule has 0 unspecified atom stereocenters. The Morgan fingerprint density at radius 1 is 1.50 bits per heavy atom. The highest BCUT2D eigenvalue weighted by atomic mass is 15.2. The lowest BCUT2D eigenvalue weighted by Crippen LogP contribution is -2.05. The van der Waals surface area contributed by atoms with E-state index in [0.29, 0.717) is 5.82 Å². The van der Waals surface area contributed by atoms with Crippen molar-refractivity contribution in [1.82, 2.24) is 9.97 Å². The average molecular weight is 163 g/mol. The lowest BCUT2D eigenvalue weighted by atomic mass is 10.3. The zero-order chi connectivity index (χ0) is 8.55. The standard InChI is InChI=1S/C7H9N5/c8-7-6-4(1-2-10-7)5(12-9)3-11-6/h1-3,11-12H,9H2,(H2,8,10). The maximum absolute atomic E-state index is 5.61. The van der Waals surface area contributed by atoms with Crippen LogP contribution in [-0.4, -0.2) is 9.97 Å². The summed E-state index contributed by atoms with van der Waals surface area (Å²) in [5.41, 5.74) is 9.81. The number of hydrogen-bond acceptors (Lipinski definition) is 4. The summed E-state index contributed by atoms with van der Waals surface area (Å²) in [6.07, 6.45) is 3.40. The van der Waals surface area contributed by atoms with Crippen LogP contribution in [0.15, 0.2) is 18.5 Å². The van der Waals surface area contributed by atoms with Gasteiger partial charge in [-0.25, -0.2) is 4.98 Å². The van der Waals surface area contributed by atoms with Crippen molar-refractivity contribution in [2.75, 3.05) is 11.2 Å². The first kappa shape index (κ1) is 6.93. The zero-order valence-electron chi connectivity index (χ0n) is 6.33. The molecule has 2 rings (SSSR count). The Morgan fingerprint density at radius 3 is 3.08 bits per heavy atom. The lowest BCUT2D eigenvalue weighted by Gasteiger charge is -1.96. The fourth-order valence-electron chi connectivity index (χ4n) is 1.20. The van der Waals surface area contributed by atoms with Crippen molar-refractivity contribution in [3.8, 4) is 0 Å². The van der Waals surface area contributed by atoms with Gasteiger partial charge in [-0.05, 0) is 6.07 Å². The largest absolute Gasteiger partial charge is 0.382 e. The number of pyridine rings is 1. The highest BCUT2D eigenvalue weighted by Crippen LogP contribution is 2.24. The second-order valence-corrected chi connectivity index (χ2v) is 2.47. The molecule has 0 atom stereocenters. The molecule has 62 valence electrons. The van der Waals surface area contributed by atoms with E-state index in [-0.39, 0.29) is 0 Å². The summed E-state index contributed by atoms with van der Waals surface area (Å²) in [5, 5.41) is 0.949. The Hall–Kier alpha value is -1.75. The van der Waals surface area contributed by atoms with Gasteiger partial charge < -0.3 is 16.1 Å². The van der Waals surface area contributed by atoms with Crippen LogP contribution in [0.1, 0.15) is 0 Å². The molecule has 0 radical (unpaired) electrons. The van der Waals surface area contributed by atoms with Crippen molar-refractivity contribution in [1.29, 1.82) is 0 Å². The van der Waals surface area contributed by atoms with E-state index in [0.717, 1.165) is 16.6 Å².